The highest BCUT2D eigenvalue weighted by atomic mass is 35.5. The summed E-state index contributed by atoms with van der Waals surface area (Å²) < 4.78 is 4.95. The molecule has 0 radical (unpaired) electrons. The van der Waals surface area contributed by atoms with E-state index in [4.69, 9.17) is 28.6 Å². The van der Waals surface area contributed by atoms with Gasteiger partial charge < -0.3 is 15.4 Å². The van der Waals surface area contributed by atoms with Crippen LogP contribution in [0.2, 0.25) is 5.02 Å². The summed E-state index contributed by atoms with van der Waals surface area (Å²) in [5, 5.41) is 7.17. The fourth-order valence-corrected chi connectivity index (χ4v) is 3.09. The van der Waals surface area contributed by atoms with Gasteiger partial charge in [0.25, 0.3) is 0 Å². The maximum atomic E-state index is 11.7. The monoisotopic (exact) mass is 366 g/mol. The fourth-order valence-electron chi connectivity index (χ4n) is 2.61. The van der Waals surface area contributed by atoms with Crippen LogP contribution < -0.4 is 10.6 Å². The first-order valence-electron chi connectivity index (χ1n) is 8.29. The lowest BCUT2D eigenvalue weighted by Gasteiger charge is -2.15. The fraction of sp³-hybridized carbons (Fsp3) is 0.444. The lowest BCUT2D eigenvalue weighted by molar-refractivity contribution is 0.0526. The summed E-state index contributed by atoms with van der Waals surface area (Å²) in [6, 6.07) is 5.07. The van der Waals surface area contributed by atoms with Gasteiger partial charge in [-0.1, -0.05) is 23.3 Å². The van der Waals surface area contributed by atoms with Crippen LogP contribution in [0.1, 0.15) is 49.4 Å². The van der Waals surface area contributed by atoms with Crippen LogP contribution in [0.3, 0.4) is 0 Å². The van der Waals surface area contributed by atoms with Crippen LogP contribution in [-0.2, 0) is 4.74 Å². The highest BCUT2D eigenvalue weighted by Gasteiger charge is 2.12. The van der Waals surface area contributed by atoms with Gasteiger partial charge in [-0.05, 0) is 69.4 Å². The Bertz CT molecular complexity index is 631. The van der Waals surface area contributed by atoms with Gasteiger partial charge >= 0.3 is 5.97 Å². The van der Waals surface area contributed by atoms with E-state index in [9.17, 15) is 4.79 Å². The Balaban J connectivity index is 1.82. The summed E-state index contributed by atoms with van der Waals surface area (Å²) >= 11 is 11.4. The second-order valence-corrected chi connectivity index (χ2v) is 6.47. The highest BCUT2D eigenvalue weighted by molar-refractivity contribution is 7.80. The lowest BCUT2D eigenvalue weighted by Crippen LogP contribution is -2.29. The number of rotatable bonds is 6. The van der Waals surface area contributed by atoms with Gasteiger partial charge in [-0.25, -0.2) is 4.79 Å². The molecule has 1 aliphatic rings. The van der Waals surface area contributed by atoms with Gasteiger partial charge in [-0.3, -0.25) is 0 Å². The molecule has 0 atom stereocenters. The molecule has 0 heterocycles. The average Bonchev–Trinajstić information content (AvgIpc) is 2.56. The number of anilines is 1. The number of carbonyl (C=O) groups excluding carboxylic acids is 1. The van der Waals surface area contributed by atoms with Crippen LogP contribution in [-0.4, -0.2) is 24.2 Å². The predicted molar refractivity (Wildman–Crippen MR) is 103 cm³/mol. The summed E-state index contributed by atoms with van der Waals surface area (Å²) in [6.45, 7) is 2.89. The van der Waals surface area contributed by atoms with Crippen molar-refractivity contribution in [3.63, 3.8) is 0 Å². The van der Waals surface area contributed by atoms with E-state index in [0.717, 1.165) is 18.7 Å². The number of hydrogen-bond donors (Lipinski definition) is 2. The molecule has 0 unspecified atom stereocenters. The van der Waals surface area contributed by atoms with Crippen molar-refractivity contribution in [3.8, 4) is 0 Å². The van der Waals surface area contributed by atoms with Crippen LogP contribution in [0.25, 0.3) is 0 Å². The van der Waals surface area contributed by atoms with E-state index in [2.05, 4.69) is 16.7 Å². The highest BCUT2D eigenvalue weighted by Crippen LogP contribution is 2.22. The molecule has 0 bridgehead atoms. The normalized spacial score (nSPS) is 13.8. The summed E-state index contributed by atoms with van der Waals surface area (Å²) in [5.41, 5.74) is 2.60. The number of ether oxygens (including phenoxy) is 1. The van der Waals surface area contributed by atoms with Gasteiger partial charge in [0.2, 0.25) is 0 Å². The average molecular weight is 367 g/mol. The molecule has 1 aromatic carbocycles. The Morgan fingerprint density at radius 2 is 2.21 bits per heavy atom. The van der Waals surface area contributed by atoms with Gasteiger partial charge in [0.15, 0.2) is 5.11 Å². The second-order valence-electron chi connectivity index (χ2n) is 5.65. The smallest absolute Gasteiger partial charge is 0.339 e. The standard InChI is InChI=1S/C18H23ClN2O2S/c1-2-23-17(22)15-9-8-14(12-16(15)19)21-18(24)20-11-10-13-6-4-3-5-7-13/h6,8-9,12H,2-5,7,10-11H2,1H3,(H2,20,21,24). The summed E-state index contributed by atoms with van der Waals surface area (Å²) in [5.74, 6) is -0.421. The molecule has 1 aromatic rings. The molecule has 0 amide bonds. The van der Waals surface area contributed by atoms with E-state index >= 15 is 0 Å². The van der Waals surface area contributed by atoms with E-state index in [-0.39, 0.29) is 0 Å². The third-order valence-corrected chi connectivity index (χ3v) is 4.40. The zero-order chi connectivity index (χ0) is 17.4. The molecule has 0 spiro atoms. The first kappa shape index (κ1) is 18.7. The van der Waals surface area contributed by atoms with Crippen LogP contribution in [0.4, 0.5) is 5.69 Å². The minimum absolute atomic E-state index is 0.319. The molecule has 1 aliphatic carbocycles. The van der Waals surface area contributed by atoms with Crippen LogP contribution in [0.5, 0.6) is 0 Å². The molecule has 0 aromatic heterocycles. The van der Waals surface area contributed by atoms with E-state index in [1.807, 2.05) is 0 Å². The maximum absolute atomic E-state index is 11.7. The van der Waals surface area contributed by atoms with Crippen molar-refractivity contribution in [1.82, 2.24) is 5.32 Å². The molecule has 130 valence electrons. The Labute approximate surface area is 153 Å². The predicted octanol–water partition coefficient (Wildman–Crippen LogP) is 4.69. The van der Waals surface area contributed by atoms with Crippen molar-refractivity contribution < 1.29 is 9.53 Å². The molecule has 0 fully saturated rings. The molecule has 0 aliphatic heterocycles. The van der Waals surface area contributed by atoms with Crippen molar-refractivity contribution >= 4 is 40.6 Å². The number of hydrogen-bond acceptors (Lipinski definition) is 3. The van der Waals surface area contributed by atoms with Crippen molar-refractivity contribution in [2.24, 2.45) is 0 Å². The third kappa shape index (κ3) is 5.80. The quantitative estimate of drug-likeness (QED) is 0.434. The zero-order valence-corrected chi connectivity index (χ0v) is 15.4. The zero-order valence-electron chi connectivity index (χ0n) is 13.9. The molecule has 4 nitrogen and oxygen atoms in total. The number of esters is 1. The van der Waals surface area contributed by atoms with Gasteiger partial charge in [-0.2, -0.15) is 0 Å². The van der Waals surface area contributed by atoms with Crippen molar-refractivity contribution in [2.45, 2.75) is 39.0 Å². The van der Waals surface area contributed by atoms with Crippen molar-refractivity contribution in [2.75, 3.05) is 18.5 Å². The number of benzene rings is 1. The number of nitrogens with one attached hydrogen (secondary N) is 2. The van der Waals surface area contributed by atoms with Gasteiger partial charge in [0.05, 0.1) is 17.2 Å². The van der Waals surface area contributed by atoms with Crippen LogP contribution >= 0.6 is 23.8 Å². The van der Waals surface area contributed by atoms with Crippen LogP contribution in [0, 0.1) is 0 Å². The van der Waals surface area contributed by atoms with E-state index < -0.39 is 5.97 Å². The second kappa shape index (κ2) is 9.64. The van der Waals surface area contributed by atoms with E-state index in [1.165, 1.54) is 31.3 Å². The largest absolute Gasteiger partial charge is 0.462 e. The first-order chi connectivity index (χ1) is 11.6. The van der Waals surface area contributed by atoms with Crippen LogP contribution in [0.15, 0.2) is 29.8 Å². The Morgan fingerprint density at radius 1 is 1.38 bits per heavy atom. The molecule has 2 rings (SSSR count). The van der Waals surface area contributed by atoms with Gasteiger partial charge in [0, 0.05) is 12.2 Å². The van der Waals surface area contributed by atoms with Crippen molar-refractivity contribution in [1.29, 1.82) is 0 Å². The summed E-state index contributed by atoms with van der Waals surface area (Å²) in [4.78, 5) is 11.7. The number of carbonyl (C=O) groups is 1. The topological polar surface area (TPSA) is 50.4 Å². The number of thiocarbonyl (C=S) groups is 1. The molecular weight excluding hydrogens is 344 g/mol. The lowest BCUT2D eigenvalue weighted by atomic mass is 9.97. The Kier molecular flexibility index (Phi) is 7.53. The number of allylic oxidation sites excluding steroid dienone is 1. The molecular formula is C18H23ClN2O2S. The van der Waals surface area contributed by atoms with E-state index in [0.29, 0.717) is 22.3 Å². The maximum Gasteiger partial charge on any atom is 0.339 e. The Hall–Kier alpha value is -1.59. The Morgan fingerprint density at radius 3 is 2.88 bits per heavy atom. The van der Waals surface area contributed by atoms with E-state index in [1.54, 1.807) is 25.1 Å². The third-order valence-electron chi connectivity index (χ3n) is 3.84. The molecule has 0 saturated heterocycles. The minimum Gasteiger partial charge on any atom is -0.462 e. The first-order valence-corrected chi connectivity index (χ1v) is 9.08. The molecule has 2 N–H and O–H groups in total. The number of halogens is 1. The SMILES string of the molecule is CCOC(=O)c1ccc(NC(=S)NCCC2=CCCCC2)cc1Cl. The molecule has 6 heteroatoms. The minimum atomic E-state index is -0.421. The summed E-state index contributed by atoms with van der Waals surface area (Å²) in [7, 11) is 0. The molecule has 24 heavy (non-hydrogen) atoms. The van der Waals surface area contributed by atoms with Crippen molar-refractivity contribution in [3.05, 3.63) is 40.4 Å². The van der Waals surface area contributed by atoms with Gasteiger partial charge in [-0.15, -0.1) is 0 Å². The molecule has 0 saturated carbocycles. The van der Waals surface area contributed by atoms with Gasteiger partial charge in [0.1, 0.15) is 0 Å². The summed E-state index contributed by atoms with van der Waals surface area (Å²) in [6.07, 6.45) is 8.36.